The number of nitrogens with zero attached hydrogens (tertiary/aromatic N) is 1. The molecule has 4 nitrogen and oxygen atoms in total. The SMILES string of the molecule is COc1cc2c(cc1OCc1ccccc1)-c1cc3ccc(C)c(OC)c3c[n+]1CC2. The molecule has 156 valence electrons. The summed E-state index contributed by atoms with van der Waals surface area (Å²) in [6.45, 7) is 3.51. The van der Waals surface area contributed by atoms with Gasteiger partial charge < -0.3 is 14.2 Å². The van der Waals surface area contributed by atoms with Gasteiger partial charge in [0.1, 0.15) is 12.4 Å². The highest BCUT2D eigenvalue weighted by molar-refractivity contribution is 5.90. The molecule has 0 saturated heterocycles. The van der Waals surface area contributed by atoms with Gasteiger partial charge in [0.2, 0.25) is 5.69 Å². The first-order valence-corrected chi connectivity index (χ1v) is 10.6. The van der Waals surface area contributed by atoms with Crippen LogP contribution in [0.25, 0.3) is 22.0 Å². The molecule has 31 heavy (non-hydrogen) atoms. The van der Waals surface area contributed by atoms with Gasteiger partial charge >= 0.3 is 0 Å². The van der Waals surface area contributed by atoms with E-state index in [0.29, 0.717) is 6.61 Å². The Balaban J connectivity index is 1.59. The number of pyridine rings is 1. The van der Waals surface area contributed by atoms with Gasteiger partial charge in [-0.15, -0.1) is 0 Å². The largest absolute Gasteiger partial charge is 0.496 e. The molecule has 1 aliphatic heterocycles. The van der Waals surface area contributed by atoms with Crippen LogP contribution >= 0.6 is 0 Å². The fourth-order valence-corrected chi connectivity index (χ4v) is 4.42. The second-order valence-corrected chi connectivity index (χ2v) is 7.96. The average molecular weight is 413 g/mol. The van der Waals surface area contributed by atoms with E-state index < -0.39 is 0 Å². The van der Waals surface area contributed by atoms with Crippen LogP contribution in [0.3, 0.4) is 0 Å². The Morgan fingerprint density at radius 2 is 1.74 bits per heavy atom. The van der Waals surface area contributed by atoms with E-state index in [1.54, 1.807) is 14.2 Å². The van der Waals surface area contributed by atoms with Crippen molar-refractivity contribution >= 4 is 10.8 Å². The molecule has 0 aliphatic carbocycles. The van der Waals surface area contributed by atoms with Gasteiger partial charge in [-0.25, -0.2) is 0 Å². The van der Waals surface area contributed by atoms with E-state index in [4.69, 9.17) is 14.2 Å². The predicted molar refractivity (Wildman–Crippen MR) is 122 cm³/mol. The summed E-state index contributed by atoms with van der Waals surface area (Å²) in [5.74, 6) is 2.49. The van der Waals surface area contributed by atoms with E-state index in [1.807, 2.05) is 18.2 Å². The molecular weight excluding hydrogens is 386 g/mol. The van der Waals surface area contributed by atoms with Crippen LogP contribution in [0.5, 0.6) is 17.2 Å². The Morgan fingerprint density at radius 3 is 2.52 bits per heavy atom. The summed E-state index contributed by atoms with van der Waals surface area (Å²) in [7, 11) is 3.44. The number of hydrogen-bond acceptors (Lipinski definition) is 3. The van der Waals surface area contributed by atoms with Crippen molar-refractivity contribution < 1.29 is 18.8 Å². The molecule has 0 bridgehead atoms. The van der Waals surface area contributed by atoms with Crippen molar-refractivity contribution in [1.82, 2.24) is 0 Å². The molecule has 2 heterocycles. The molecule has 1 aromatic heterocycles. The summed E-state index contributed by atoms with van der Waals surface area (Å²) in [5.41, 5.74) is 5.93. The molecule has 0 atom stereocenters. The van der Waals surface area contributed by atoms with E-state index in [0.717, 1.165) is 46.7 Å². The molecule has 0 amide bonds. The molecular formula is C27H26NO3+. The lowest BCUT2D eigenvalue weighted by molar-refractivity contribution is -0.686. The van der Waals surface area contributed by atoms with Crippen LogP contribution in [0.15, 0.2) is 66.9 Å². The summed E-state index contributed by atoms with van der Waals surface area (Å²) in [6, 6.07) is 21.0. The summed E-state index contributed by atoms with van der Waals surface area (Å²) >= 11 is 0. The number of aromatic nitrogens is 1. The molecule has 0 saturated carbocycles. The number of ether oxygens (including phenoxy) is 3. The minimum atomic E-state index is 0.504. The second-order valence-electron chi connectivity index (χ2n) is 7.96. The van der Waals surface area contributed by atoms with Gasteiger partial charge in [-0.1, -0.05) is 42.5 Å². The van der Waals surface area contributed by atoms with Gasteiger partial charge in [0, 0.05) is 12.5 Å². The highest BCUT2D eigenvalue weighted by Crippen LogP contribution is 2.39. The topological polar surface area (TPSA) is 31.6 Å². The maximum absolute atomic E-state index is 6.18. The average Bonchev–Trinajstić information content (AvgIpc) is 2.81. The van der Waals surface area contributed by atoms with Crippen LogP contribution in [0.4, 0.5) is 0 Å². The molecule has 0 N–H and O–H groups in total. The van der Waals surface area contributed by atoms with Crippen LogP contribution in [0, 0.1) is 6.92 Å². The fourth-order valence-electron chi connectivity index (χ4n) is 4.42. The van der Waals surface area contributed by atoms with E-state index in [-0.39, 0.29) is 0 Å². The van der Waals surface area contributed by atoms with Gasteiger partial charge in [-0.3, -0.25) is 0 Å². The molecule has 0 unspecified atom stereocenters. The smallest absolute Gasteiger partial charge is 0.213 e. The Kier molecular flexibility index (Phi) is 4.99. The number of aryl methyl sites for hydroxylation is 3. The Bertz CT molecular complexity index is 1260. The molecule has 4 heteroatoms. The van der Waals surface area contributed by atoms with Gasteiger partial charge in [0.05, 0.1) is 25.2 Å². The standard InChI is InChI=1S/C27H26NO3/c1-18-9-10-20-13-24-22-15-26(31-17-19-7-5-4-6-8-19)25(29-2)14-21(22)11-12-28(24)16-23(20)27(18)30-3/h4-10,13-16H,11-12,17H2,1-3H3/q+1. The number of methoxy groups -OCH3 is 2. The predicted octanol–water partition coefficient (Wildman–Crippen LogP) is 5.26. The van der Waals surface area contributed by atoms with Crippen LogP contribution in [-0.2, 0) is 19.6 Å². The molecule has 0 fully saturated rings. The fraction of sp³-hybridized carbons (Fsp3) is 0.222. The van der Waals surface area contributed by atoms with Crippen LogP contribution < -0.4 is 18.8 Å². The van der Waals surface area contributed by atoms with E-state index in [2.05, 4.69) is 60.2 Å². The van der Waals surface area contributed by atoms with Crippen LogP contribution in [0.2, 0.25) is 0 Å². The van der Waals surface area contributed by atoms with Crippen molar-refractivity contribution in [3.63, 3.8) is 0 Å². The monoisotopic (exact) mass is 412 g/mol. The third kappa shape index (κ3) is 3.48. The molecule has 0 radical (unpaired) electrons. The Morgan fingerprint density at radius 1 is 0.903 bits per heavy atom. The first-order valence-electron chi connectivity index (χ1n) is 10.6. The first kappa shape index (κ1) is 19.4. The third-order valence-electron chi connectivity index (χ3n) is 6.04. The van der Waals surface area contributed by atoms with E-state index in [1.165, 1.54) is 22.2 Å². The summed E-state index contributed by atoms with van der Waals surface area (Å²) in [5, 5.41) is 2.31. The lowest BCUT2D eigenvalue weighted by atomic mass is 9.94. The highest BCUT2D eigenvalue weighted by atomic mass is 16.5. The van der Waals surface area contributed by atoms with Gasteiger partial charge in [0.25, 0.3) is 0 Å². The lowest BCUT2D eigenvalue weighted by Gasteiger charge is -2.19. The van der Waals surface area contributed by atoms with Crippen LogP contribution in [-0.4, -0.2) is 14.2 Å². The minimum Gasteiger partial charge on any atom is -0.496 e. The second kappa shape index (κ2) is 7.95. The van der Waals surface area contributed by atoms with Gasteiger partial charge in [-0.05, 0) is 41.1 Å². The number of rotatable bonds is 5. The normalized spacial score (nSPS) is 12.2. The van der Waals surface area contributed by atoms with Crippen molar-refractivity contribution in [2.24, 2.45) is 0 Å². The summed E-state index contributed by atoms with van der Waals surface area (Å²) in [6.07, 6.45) is 3.16. The minimum absolute atomic E-state index is 0.504. The highest BCUT2D eigenvalue weighted by Gasteiger charge is 2.27. The quantitative estimate of drug-likeness (QED) is 0.419. The Hall–Kier alpha value is -3.53. The van der Waals surface area contributed by atoms with Crippen molar-refractivity contribution in [3.05, 3.63) is 83.6 Å². The number of fused-ring (bicyclic) bond motifs is 4. The van der Waals surface area contributed by atoms with Crippen molar-refractivity contribution in [2.45, 2.75) is 26.5 Å². The molecule has 0 spiro atoms. The maximum Gasteiger partial charge on any atom is 0.213 e. The van der Waals surface area contributed by atoms with Crippen molar-refractivity contribution in [1.29, 1.82) is 0 Å². The number of benzene rings is 3. The zero-order valence-corrected chi connectivity index (χ0v) is 18.1. The Labute approximate surface area is 182 Å². The molecule has 4 aromatic rings. The maximum atomic E-state index is 6.18. The zero-order valence-electron chi connectivity index (χ0n) is 18.1. The third-order valence-corrected chi connectivity index (χ3v) is 6.04. The zero-order chi connectivity index (χ0) is 21.4. The first-order chi connectivity index (χ1) is 15.2. The van der Waals surface area contributed by atoms with E-state index in [9.17, 15) is 0 Å². The van der Waals surface area contributed by atoms with Gasteiger partial charge in [-0.2, -0.15) is 4.57 Å². The molecule has 3 aromatic carbocycles. The van der Waals surface area contributed by atoms with E-state index >= 15 is 0 Å². The van der Waals surface area contributed by atoms with Gasteiger partial charge in [0.15, 0.2) is 24.2 Å². The van der Waals surface area contributed by atoms with Crippen molar-refractivity contribution in [3.8, 4) is 28.5 Å². The lowest BCUT2D eigenvalue weighted by Crippen LogP contribution is -2.40. The summed E-state index contributed by atoms with van der Waals surface area (Å²) in [4.78, 5) is 0. The molecule has 1 aliphatic rings. The van der Waals surface area contributed by atoms with Crippen molar-refractivity contribution in [2.75, 3.05) is 14.2 Å². The number of hydrogen-bond donors (Lipinski definition) is 0. The van der Waals surface area contributed by atoms with Crippen LogP contribution in [0.1, 0.15) is 16.7 Å². The molecule has 5 rings (SSSR count). The summed E-state index contributed by atoms with van der Waals surface area (Å²) < 4.78 is 19.8.